The minimum Gasteiger partial charge on any atom is -0.373 e. The standard InChI is InChI=1S/C15H21F2NO/c1-2-7-18-10-11-4-3-8-19-15(11)13-6-5-12(16)9-14(13)17/h5-6,9,11,15,18H,2-4,7-8,10H2,1H3. The third-order valence-corrected chi connectivity index (χ3v) is 3.55. The fraction of sp³-hybridized carbons (Fsp3) is 0.600. The molecule has 0 spiro atoms. The highest BCUT2D eigenvalue weighted by Crippen LogP contribution is 2.34. The molecule has 1 aliphatic heterocycles. The van der Waals surface area contributed by atoms with Crippen LogP contribution in [0.4, 0.5) is 8.78 Å². The van der Waals surface area contributed by atoms with E-state index in [-0.39, 0.29) is 12.0 Å². The molecule has 0 bridgehead atoms. The zero-order chi connectivity index (χ0) is 13.7. The Balaban J connectivity index is 2.09. The van der Waals surface area contributed by atoms with Gasteiger partial charge in [0.1, 0.15) is 11.6 Å². The van der Waals surface area contributed by atoms with Crippen molar-refractivity contribution in [3.8, 4) is 0 Å². The molecule has 1 aromatic carbocycles. The second kappa shape index (κ2) is 6.96. The van der Waals surface area contributed by atoms with Crippen molar-refractivity contribution in [1.29, 1.82) is 0 Å². The van der Waals surface area contributed by atoms with Crippen LogP contribution >= 0.6 is 0 Å². The summed E-state index contributed by atoms with van der Waals surface area (Å²) in [5.41, 5.74) is 0.476. The molecule has 2 unspecified atom stereocenters. The summed E-state index contributed by atoms with van der Waals surface area (Å²) in [6, 6.07) is 3.74. The van der Waals surface area contributed by atoms with E-state index in [0.29, 0.717) is 12.2 Å². The molecule has 0 saturated carbocycles. The van der Waals surface area contributed by atoms with Crippen molar-refractivity contribution in [3.63, 3.8) is 0 Å². The molecule has 0 aliphatic carbocycles. The van der Waals surface area contributed by atoms with Gasteiger partial charge >= 0.3 is 0 Å². The van der Waals surface area contributed by atoms with Crippen molar-refractivity contribution in [2.24, 2.45) is 5.92 Å². The van der Waals surface area contributed by atoms with Gasteiger partial charge in [0.05, 0.1) is 6.10 Å². The van der Waals surface area contributed by atoms with E-state index in [1.54, 1.807) is 0 Å². The largest absolute Gasteiger partial charge is 0.373 e. The predicted octanol–water partition coefficient (Wildman–Crippen LogP) is 3.43. The van der Waals surface area contributed by atoms with Crippen LogP contribution in [0.25, 0.3) is 0 Å². The van der Waals surface area contributed by atoms with Gasteiger partial charge in [-0.3, -0.25) is 0 Å². The Bertz CT molecular complexity index is 411. The molecule has 1 N–H and O–H groups in total. The van der Waals surface area contributed by atoms with Crippen molar-refractivity contribution >= 4 is 0 Å². The number of hydrogen-bond acceptors (Lipinski definition) is 2. The Morgan fingerprint density at radius 2 is 2.21 bits per heavy atom. The lowest BCUT2D eigenvalue weighted by Crippen LogP contribution is -2.32. The molecule has 106 valence electrons. The smallest absolute Gasteiger partial charge is 0.131 e. The summed E-state index contributed by atoms with van der Waals surface area (Å²) < 4.78 is 32.5. The van der Waals surface area contributed by atoms with Gasteiger partial charge in [0, 0.05) is 30.7 Å². The zero-order valence-electron chi connectivity index (χ0n) is 11.3. The van der Waals surface area contributed by atoms with Gasteiger partial charge in [0.25, 0.3) is 0 Å². The van der Waals surface area contributed by atoms with E-state index in [1.807, 2.05) is 0 Å². The summed E-state index contributed by atoms with van der Waals surface area (Å²) in [6.45, 7) is 4.53. The van der Waals surface area contributed by atoms with Gasteiger partial charge < -0.3 is 10.1 Å². The van der Waals surface area contributed by atoms with Crippen molar-refractivity contribution in [3.05, 3.63) is 35.4 Å². The number of nitrogens with one attached hydrogen (secondary N) is 1. The Kier molecular flexibility index (Phi) is 5.28. The number of halogens is 2. The van der Waals surface area contributed by atoms with Crippen LogP contribution in [0.15, 0.2) is 18.2 Å². The highest BCUT2D eigenvalue weighted by molar-refractivity contribution is 5.22. The van der Waals surface area contributed by atoms with E-state index in [9.17, 15) is 8.78 Å². The topological polar surface area (TPSA) is 21.3 Å². The molecule has 19 heavy (non-hydrogen) atoms. The van der Waals surface area contributed by atoms with E-state index < -0.39 is 11.6 Å². The van der Waals surface area contributed by atoms with Gasteiger partial charge in [-0.15, -0.1) is 0 Å². The molecule has 4 heteroatoms. The second-order valence-corrected chi connectivity index (χ2v) is 5.06. The average Bonchev–Trinajstić information content (AvgIpc) is 2.40. The Morgan fingerprint density at radius 1 is 1.37 bits per heavy atom. The number of ether oxygens (including phenoxy) is 1. The number of benzene rings is 1. The van der Waals surface area contributed by atoms with Gasteiger partial charge in [-0.1, -0.05) is 13.0 Å². The predicted molar refractivity (Wildman–Crippen MR) is 70.9 cm³/mol. The Morgan fingerprint density at radius 3 is 2.95 bits per heavy atom. The molecule has 2 nitrogen and oxygen atoms in total. The van der Waals surface area contributed by atoms with Gasteiger partial charge in [0.15, 0.2) is 0 Å². The molecule has 0 amide bonds. The van der Waals surface area contributed by atoms with Gasteiger partial charge in [-0.2, -0.15) is 0 Å². The monoisotopic (exact) mass is 269 g/mol. The maximum atomic E-state index is 13.9. The third kappa shape index (κ3) is 3.74. The summed E-state index contributed by atoms with van der Waals surface area (Å²) in [6.07, 6.45) is 2.82. The number of rotatable bonds is 5. The summed E-state index contributed by atoms with van der Waals surface area (Å²) in [5, 5.41) is 3.36. The molecule has 1 fully saturated rings. The van der Waals surface area contributed by atoms with E-state index in [1.165, 1.54) is 12.1 Å². The van der Waals surface area contributed by atoms with Crippen LogP contribution < -0.4 is 5.32 Å². The molecular weight excluding hydrogens is 248 g/mol. The fourth-order valence-electron chi connectivity index (χ4n) is 2.59. The molecule has 1 heterocycles. The van der Waals surface area contributed by atoms with Crippen LogP contribution in [-0.4, -0.2) is 19.7 Å². The first-order valence-corrected chi connectivity index (χ1v) is 6.99. The van der Waals surface area contributed by atoms with Crippen LogP contribution in [0.2, 0.25) is 0 Å². The van der Waals surface area contributed by atoms with E-state index in [4.69, 9.17) is 4.74 Å². The maximum absolute atomic E-state index is 13.9. The maximum Gasteiger partial charge on any atom is 0.131 e. The molecule has 1 aliphatic rings. The minimum atomic E-state index is -0.544. The SMILES string of the molecule is CCCNCC1CCCOC1c1ccc(F)cc1F. The lowest BCUT2D eigenvalue weighted by atomic mass is 9.89. The summed E-state index contributed by atoms with van der Waals surface area (Å²) >= 11 is 0. The zero-order valence-corrected chi connectivity index (χ0v) is 11.3. The summed E-state index contributed by atoms with van der Waals surface area (Å²) in [7, 11) is 0. The normalized spacial score (nSPS) is 23.5. The van der Waals surface area contributed by atoms with Crippen molar-refractivity contribution in [2.45, 2.75) is 32.3 Å². The first-order chi connectivity index (χ1) is 9.22. The average molecular weight is 269 g/mol. The second-order valence-electron chi connectivity index (χ2n) is 5.06. The quantitative estimate of drug-likeness (QED) is 0.827. The van der Waals surface area contributed by atoms with Crippen LogP contribution in [-0.2, 0) is 4.74 Å². The van der Waals surface area contributed by atoms with Crippen LogP contribution in [0.3, 0.4) is 0 Å². The first kappa shape index (κ1) is 14.4. The molecule has 0 radical (unpaired) electrons. The Labute approximate surface area is 113 Å². The van der Waals surface area contributed by atoms with Crippen LogP contribution in [0.1, 0.15) is 37.9 Å². The first-order valence-electron chi connectivity index (χ1n) is 6.99. The van der Waals surface area contributed by atoms with Gasteiger partial charge in [-0.05, 0) is 31.9 Å². The summed E-state index contributed by atoms with van der Waals surface area (Å²) in [4.78, 5) is 0. The fourth-order valence-corrected chi connectivity index (χ4v) is 2.59. The third-order valence-electron chi connectivity index (χ3n) is 3.55. The van der Waals surface area contributed by atoms with E-state index in [0.717, 1.165) is 38.4 Å². The van der Waals surface area contributed by atoms with E-state index in [2.05, 4.69) is 12.2 Å². The van der Waals surface area contributed by atoms with Crippen molar-refractivity contribution in [1.82, 2.24) is 5.32 Å². The lowest BCUT2D eigenvalue weighted by Gasteiger charge is -2.32. The van der Waals surface area contributed by atoms with Crippen LogP contribution in [0, 0.1) is 17.6 Å². The molecule has 0 aromatic heterocycles. The highest BCUT2D eigenvalue weighted by Gasteiger charge is 2.29. The Hall–Kier alpha value is -1.00. The van der Waals surface area contributed by atoms with Crippen molar-refractivity contribution in [2.75, 3.05) is 19.7 Å². The molecule has 1 saturated heterocycles. The molecule has 2 atom stereocenters. The van der Waals surface area contributed by atoms with Crippen molar-refractivity contribution < 1.29 is 13.5 Å². The highest BCUT2D eigenvalue weighted by atomic mass is 19.1. The summed E-state index contributed by atoms with van der Waals surface area (Å²) in [5.74, 6) is -0.801. The molecule has 2 rings (SSSR count). The van der Waals surface area contributed by atoms with E-state index >= 15 is 0 Å². The van der Waals surface area contributed by atoms with Gasteiger partial charge in [-0.25, -0.2) is 8.78 Å². The molecular formula is C15H21F2NO. The van der Waals surface area contributed by atoms with Crippen LogP contribution in [0.5, 0.6) is 0 Å². The number of hydrogen-bond donors (Lipinski definition) is 1. The lowest BCUT2D eigenvalue weighted by molar-refractivity contribution is -0.0296. The van der Waals surface area contributed by atoms with Gasteiger partial charge in [0.2, 0.25) is 0 Å². The minimum absolute atomic E-state index is 0.250. The molecule has 1 aromatic rings.